The van der Waals surface area contributed by atoms with Crippen molar-refractivity contribution >= 4 is 5.91 Å². The predicted octanol–water partition coefficient (Wildman–Crippen LogP) is 2.91. The third kappa shape index (κ3) is 3.41. The van der Waals surface area contributed by atoms with Gasteiger partial charge in [-0.05, 0) is 50.1 Å². The molecule has 2 aromatic rings. The summed E-state index contributed by atoms with van der Waals surface area (Å²) >= 11 is 0. The number of aryl methyl sites for hydroxylation is 1. The van der Waals surface area contributed by atoms with E-state index in [0.717, 1.165) is 16.9 Å². The van der Waals surface area contributed by atoms with Crippen LogP contribution in [0.3, 0.4) is 0 Å². The predicted molar refractivity (Wildman–Crippen MR) is 90.9 cm³/mol. The lowest BCUT2D eigenvalue weighted by molar-refractivity contribution is 0.0617. The molecule has 0 saturated heterocycles. The minimum Gasteiger partial charge on any atom is -0.487 e. The standard InChI is InChI=1S/C19H22N2O3/c1-12-4-5-14-16(10-19(2,3)24-17(14)8-12)21-18(23)15-9-13(11-22)6-7-20-15/h4-9,16,22H,10-11H2,1-3H3,(H,21,23). The van der Waals surface area contributed by atoms with E-state index in [1.165, 1.54) is 6.20 Å². The number of fused-ring (bicyclic) bond motifs is 1. The van der Waals surface area contributed by atoms with Crippen LogP contribution >= 0.6 is 0 Å². The Morgan fingerprint density at radius 1 is 1.38 bits per heavy atom. The highest BCUT2D eigenvalue weighted by Crippen LogP contribution is 2.39. The van der Waals surface area contributed by atoms with Crippen LogP contribution in [0.2, 0.25) is 0 Å². The molecule has 1 atom stereocenters. The zero-order valence-corrected chi connectivity index (χ0v) is 14.2. The molecule has 24 heavy (non-hydrogen) atoms. The largest absolute Gasteiger partial charge is 0.487 e. The van der Waals surface area contributed by atoms with Crippen LogP contribution in [-0.4, -0.2) is 21.6 Å². The van der Waals surface area contributed by atoms with Crippen LogP contribution in [0.15, 0.2) is 36.5 Å². The first kappa shape index (κ1) is 16.5. The van der Waals surface area contributed by atoms with E-state index in [0.29, 0.717) is 17.7 Å². The first-order chi connectivity index (χ1) is 11.4. The molecule has 126 valence electrons. The number of nitrogens with one attached hydrogen (secondary N) is 1. The Hall–Kier alpha value is -2.40. The van der Waals surface area contributed by atoms with Crippen LogP contribution in [0.1, 0.15) is 53.5 Å². The summed E-state index contributed by atoms with van der Waals surface area (Å²) in [6, 6.07) is 9.17. The van der Waals surface area contributed by atoms with E-state index < -0.39 is 0 Å². The summed E-state index contributed by atoms with van der Waals surface area (Å²) < 4.78 is 6.05. The maximum absolute atomic E-state index is 12.6. The molecule has 0 spiro atoms. The van der Waals surface area contributed by atoms with Crippen molar-refractivity contribution in [1.82, 2.24) is 10.3 Å². The third-order valence-electron chi connectivity index (χ3n) is 4.17. The maximum Gasteiger partial charge on any atom is 0.270 e. The van der Waals surface area contributed by atoms with Crippen molar-refractivity contribution in [3.8, 4) is 5.75 Å². The Labute approximate surface area is 141 Å². The summed E-state index contributed by atoms with van der Waals surface area (Å²) in [5.74, 6) is 0.563. The summed E-state index contributed by atoms with van der Waals surface area (Å²) in [4.78, 5) is 16.7. The van der Waals surface area contributed by atoms with E-state index in [-0.39, 0.29) is 24.2 Å². The van der Waals surface area contributed by atoms with E-state index in [2.05, 4.69) is 10.3 Å². The van der Waals surface area contributed by atoms with Crippen molar-refractivity contribution in [1.29, 1.82) is 0 Å². The molecular weight excluding hydrogens is 304 g/mol. The average Bonchev–Trinajstić information content (AvgIpc) is 2.53. The Kier molecular flexibility index (Phi) is 4.28. The fraction of sp³-hybridized carbons (Fsp3) is 0.368. The molecule has 0 fully saturated rings. The van der Waals surface area contributed by atoms with Gasteiger partial charge in [0.1, 0.15) is 17.0 Å². The molecule has 1 aliphatic rings. The average molecular weight is 326 g/mol. The minimum atomic E-state index is -0.362. The van der Waals surface area contributed by atoms with Crippen LogP contribution in [0, 0.1) is 6.92 Å². The number of amides is 1. The van der Waals surface area contributed by atoms with Gasteiger partial charge in [0.25, 0.3) is 5.91 Å². The highest BCUT2D eigenvalue weighted by molar-refractivity contribution is 5.92. The minimum absolute atomic E-state index is 0.116. The molecule has 0 saturated carbocycles. The number of aliphatic hydroxyl groups excluding tert-OH is 1. The summed E-state index contributed by atoms with van der Waals surface area (Å²) in [6.07, 6.45) is 2.21. The van der Waals surface area contributed by atoms with E-state index in [1.807, 2.05) is 39.0 Å². The summed E-state index contributed by atoms with van der Waals surface area (Å²) in [5.41, 5.74) is 2.71. The number of carbonyl (C=O) groups excluding carboxylic acids is 1. The van der Waals surface area contributed by atoms with E-state index >= 15 is 0 Å². The second-order valence-electron chi connectivity index (χ2n) is 6.84. The summed E-state index contributed by atoms with van der Waals surface area (Å²) in [6.45, 7) is 5.93. The molecule has 5 nitrogen and oxygen atoms in total. The molecule has 2 N–H and O–H groups in total. The van der Waals surface area contributed by atoms with Crippen LogP contribution in [0.5, 0.6) is 5.75 Å². The quantitative estimate of drug-likeness (QED) is 0.910. The topological polar surface area (TPSA) is 71.5 Å². The molecule has 1 amide bonds. The normalized spacial score (nSPS) is 18.4. The fourth-order valence-corrected chi connectivity index (χ4v) is 3.02. The summed E-state index contributed by atoms with van der Waals surface area (Å²) in [5, 5.41) is 12.3. The fourth-order valence-electron chi connectivity index (χ4n) is 3.02. The van der Waals surface area contributed by atoms with Gasteiger partial charge in [-0.25, -0.2) is 0 Å². The Morgan fingerprint density at radius 3 is 2.92 bits per heavy atom. The second kappa shape index (κ2) is 6.24. The third-order valence-corrected chi connectivity index (χ3v) is 4.17. The molecule has 0 bridgehead atoms. The smallest absolute Gasteiger partial charge is 0.270 e. The molecule has 1 aromatic carbocycles. The number of nitrogens with zero attached hydrogens (tertiary/aromatic N) is 1. The van der Waals surface area contributed by atoms with E-state index in [4.69, 9.17) is 4.74 Å². The van der Waals surface area contributed by atoms with Gasteiger partial charge in [0.05, 0.1) is 12.6 Å². The summed E-state index contributed by atoms with van der Waals surface area (Å²) in [7, 11) is 0. The maximum atomic E-state index is 12.6. The van der Waals surface area contributed by atoms with Crippen molar-refractivity contribution in [3.63, 3.8) is 0 Å². The number of benzene rings is 1. The van der Waals surface area contributed by atoms with Crippen LogP contribution in [0.25, 0.3) is 0 Å². The lowest BCUT2D eigenvalue weighted by Crippen LogP contribution is -2.41. The van der Waals surface area contributed by atoms with Crippen LogP contribution in [-0.2, 0) is 6.61 Å². The van der Waals surface area contributed by atoms with Crippen molar-refractivity contribution in [3.05, 3.63) is 58.9 Å². The van der Waals surface area contributed by atoms with Gasteiger partial charge >= 0.3 is 0 Å². The van der Waals surface area contributed by atoms with Crippen molar-refractivity contribution in [2.75, 3.05) is 0 Å². The molecule has 2 heterocycles. The Balaban J connectivity index is 1.87. The Morgan fingerprint density at radius 2 is 2.17 bits per heavy atom. The second-order valence-corrected chi connectivity index (χ2v) is 6.84. The number of aromatic nitrogens is 1. The Bertz CT molecular complexity index is 771. The van der Waals surface area contributed by atoms with Crippen LogP contribution < -0.4 is 10.1 Å². The highest BCUT2D eigenvalue weighted by atomic mass is 16.5. The van der Waals surface area contributed by atoms with Crippen molar-refractivity contribution < 1.29 is 14.6 Å². The van der Waals surface area contributed by atoms with Gasteiger partial charge in [-0.2, -0.15) is 0 Å². The van der Waals surface area contributed by atoms with Gasteiger partial charge < -0.3 is 15.2 Å². The molecule has 1 aliphatic heterocycles. The van der Waals surface area contributed by atoms with Gasteiger partial charge in [0, 0.05) is 18.2 Å². The molecule has 1 aromatic heterocycles. The number of aliphatic hydroxyl groups is 1. The lowest BCUT2D eigenvalue weighted by Gasteiger charge is -2.38. The molecule has 0 radical (unpaired) electrons. The van der Waals surface area contributed by atoms with Gasteiger partial charge in [-0.1, -0.05) is 12.1 Å². The number of carbonyl (C=O) groups is 1. The molecule has 3 rings (SSSR count). The van der Waals surface area contributed by atoms with Crippen molar-refractivity contribution in [2.24, 2.45) is 0 Å². The van der Waals surface area contributed by atoms with E-state index in [9.17, 15) is 9.90 Å². The SMILES string of the molecule is Cc1ccc2c(c1)OC(C)(C)CC2NC(=O)c1cc(CO)ccn1. The zero-order chi connectivity index (χ0) is 17.3. The number of rotatable bonds is 3. The van der Waals surface area contributed by atoms with Gasteiger partial charge in [-0.3, -0.25) is 9.78 Å². The highest BCUT2D eigenvalue weighted by Gasteiger charge is 2.34. The van der Waals surface area contributed by atoms with E-state index in [1.54, 1.807) is 12.1 Å². The molecular formula is C19H22N2O3. The first-order valence-corrected chi connectivity index (χ1v) is 8.04. The van der Waals surface area contributed by atoms with Gasteiger partial charge in [0.15, 0.2) is 0 Å². The first-order valence-electron chi connectivity index (χ1n) is 8.04. The zero-order valence-electron chi connectivity index (χ0n) is 14.2. The number of hydrogen-bond acceptors (Lipinski definition) is 4. The molecule has 1 unspecified atom stereocenters. The number of hydrogen-bond donors (Lipinski definition) is 2. The lowest BCUT2D eigenvalue weighted by atomic mass is 9.89. The molecule has 0 aliphatic carbocycles. The number of ether oxygens (including phenoxy) is 1. The van der Waals surface area contributed by atoms with Crippen LogP contribution in [0.4, 0.5) is 0 Å². The number of pyridine rings is 1. The monoisotopic (exact) mass is 326 g/mol. The van der Waals surface area contributed by atoms with Crippen molar-refractivity contribution in [2.45, 2.75) is 45.4 Å². The van der Waals surface area contributed by atoms with Gasteiger partial charge in [-0.15, -0.1) is 0 Å². The van der Waals surface area contributed by atoms with Gasteiger partial charge in [0.2, 0.25) is 0 Å². The molecule has 5 heteroatoms.